The third kappa shape index (κ3) is 4.51. The van der Waals surface area contributed by atoms with Crippen molar-refractivity contribution in [1.29, 1.82) is 0 Å². The van der Waals surface area contributed by atoms with E-state index >= 15 is 0 Å². The molecule has 1 rings (SSSR count). The van der Waals surface area contributed by atoms with E-state index in [1.54, 1.807) is 0 Å². The van der Waals surface area contributed by atoms with Gasteiger partial charge in [0.05, 0.1) is 6.54 Å². The molecule has 0 aromatic heterocycles. The Labute approximate surface area is 109 Å². The molecule has 0 aromatic rings. The summed E-state index contributed by atoms with van der Waals surface area (Å²) < 4.78 is 0. The standard InChI is InChI=1S/C13H25NO2S/c1-12(2,3)14(7-11(15)16)10-6-13(4,5)9-17-8-10/h10H,6-9H2,1-5H3,(H,15,16). The molecule has 1 aliphatic heterocycles. The molecule has 3 nitrogen and oxygen atoms in total. The molecule has 1 atom stereocenters. The Morgan fingerprint density at radius 1 is 1.47 bits per heavy atom. The van der Waals surface area contributed by atoms with Gasteiger partial charge in [0, 0.05) is 17.3 Å². The molecule has 0 aliphatic carbocycles. The molecule has 0 spiro atoms. The van der Waals surface area contributed by atoms with Crippen molar-refractivity contribution in [2.45, 2.75) is 52.6 Å². The SMILES string of the molecule is CC1(C)CSCC(N(CC(=O)O)C(C)(C)C)C1. The summed E-state index contributed by atoms with van der Waals surface area (Å²) in [7, 11) is 0. The van der Waals surface area contributed by atoms with Gasteiger partial charge in [-0.05, 0) is 38.4 Å². The Hall–Kier alpha value is -0.220. The predicted molar refractivity (Wildman–Crippen MR) is 73.6 cm³/mol. The van der Waals surface area contributed by atoms with Crippen LogP contribution in [-0.4, -0.2) is 45.6 Å². The van der Waals surface area contributed by atoms with E-state index in [1.807, 2.05) is 11.8 Å². The summed E-state index contributed by atoms with van der Waals surface area (Å²) in [5, 5.41) is 9.06. The molecule has 100 valence electrons. The first-order valence-electron chi connectivity index (χ1n) is 6.18. The first kappa shape index (κ1) is 14.8. The molecule has 17 heavy (non-hydrogen) atoms. The minimum Gasteiger partial charge on any atom is -0.480 e. The van der Waals surface area contributed by atoms with Crippen molar-refractivity contribution in [1.82, 2.24) is 4.90 Å². The highest BCUT2D eigenvalue weighted by atomic mass is 32.2. The summed E-state index contributed by atoms with van der Waals surface area (Å²) >= 11 is 1.95. The van der Waals surface area contributed by atoms with E-state index in [9.17, 15) is 4.79 Å². The lowest BCUT2D eigenvalue weighted by atomic mass is 9.86. The maximum atomic E-state index is 11.0. The van der Waals surface area contributed by atoms with Gasteiger partial charge in [-0.25, -0.2) is 0 Å². The zero-order chi connectivity index (χ0) is 13.3. The number of rotatable bonds is 3. The average molecular weight is 259 g/mol. The molecule has 0 amide bonds. The highest BCUT2D eigenvalue weighted by molar-refractivity contribution is 7.99. The van der Waals surface area contributed by atoms with Gasteiger partial charge < -0.3 is 5.11 Å². The highest BCUT2D eigenvalue weighted by Crippen LogP contribution is 2.37. The molecule has 1 saturated heterocycles. The quantitative estimate of drug-likeness (QED) is 0.846. The number of carbonyl (C=O) groups is 1. The van der Waals surface area contributed by atoms with E-state index in [0.29, 0.717) is 11.5 Å². The summed E-state index contributed by atoms with van der Waals surface area (Å²) in [5.74, 6) is 1.50. The van der Waals surface area contributed by atoms with Crippen LogP contribution in [0.3, 0.4) is 0 Å². The van der Waals surface area contributed by atoms with Gasteiger partial charge in [0.2, 0.25) is 0 Å². The van der Waals surface area contributed by atoms with E-state index in [-0.39, 0.29) is 12.1 Å². The van der Waals surface area contributed by atoms with Crippen LogP contribution < -0.4 is 0 Å². The van der Waals surface area contributed by atoms with Crippen molar-refractivity contribution in [2.24, 2.45) is 5.41 Å². The van der Waals surface area contributed by atoms with Crippen molar-refractivity contribution in [3.05, 3.63) is 0 Å². The van der Waals surface area contributed by atoms with Crippen molar-refractivity contribution in [3.63, 3.8) is 0 Å². The number of carboxylic acid groups (broad SMARTS) is 1. The summed E-state index contributed by atoms with van der Waals surface area (Å²) in [4.78, 5) is 13.2. The van der Waals surface area contributed by atoms with Gasteiger partial charge in [0.1, 0.15) is 0 Å². The molecule has 0 aromatic carbocycles. The largest absolute Gasteiger partial charge is 0.480 e. The Morgan fingerprint density at radius 2 is 2.06 bits per heavy atom. The van der Waals surface area contributed by atoms with Gasteiger partial charge in [-0.1, -0.05) is 13.8 Å². The van der Waals surface area contributed by atoms with Crippen LogP contribution in [0.1, 0.15) is 41.0 Å². The number of hydrogen-bond donors (Lipinski definition) is 1. The van der Waals surface area contributed by atoms with Crippen molar-refractivity contribution < 1.29 is 9.90 Å². The van der Waals surface area contributed by atoms with Gasteiger partial charge >= 0.3 is 5.97 Å². The highest BCUT2D eigenvalue weighted by Gasteiger charge is 2.37. The van der Waals surface area contributed by atoms with E-state index in [2.05, 4.69) is 39.5 Å². The normalized spacial score (nSPS) is 24.9. The third-order valence-corrected chi connectivity index (χ3v) is 4.81. The maximum Gasteiger partial charge on any atom is 0.317 e. The van der Waals surface area contributed by atoms with Crippen LogP contribution in [-0.2, 0) is 4.79 Å². The zero-order valence-corrected chi connectivity index (χ0v) is 12.4. The number of aliphatic carboxylic acids is 1. The molecular formula is C13H25NO2S. The second kappa shape index (κ2) is 5.19. The molecule has 0 saturated carbocycles. The lowest BCUT2D eigenvalue weighted by molar-refractivity contribution is -0.140. The van der Waals surface area contributed by atoms with Gasteiger partial charge in [0.15, 0.2) is 0 Å². The van der Waals surface area contributed by atoms with Gasteiger partial charge in [-0.15, -0.1) is 0 Å². The monoisotopic (exact) mass is 259 g/mol. The summed E-state index contributed by atoms with van der Waals surface area (Å²) in [5.41, 5.74) is 0.229. The average Bonchev–Trinajstić information content (AvgIpc) is 2.10. The van der Waals surface area contributed by atoms with Crippen molar-refractivity contribution in [3.8, 4) is 0 Å². The fourth-order valence-electron chi connectivity index (χ4n) is 2.49. The second-order valence-corrected chi connectivity index (χ2v) is 7.76. The topological polar surface area (TPSA) is 40.5 Å². The molecule has 1 heterocycles. The van der Waals surface area contributed by atoms with Crippen LogP contribution in [0.15, 0.2) is 0 Å². The van der Waals surface area contributed by atoms with E-state index in [4.69, 9.17) is 5.11 Å². The number of carboxylic acids is 1. The first-order chi connectivity index (χ1) is 7.62. The maximum absolute atomic E-state index is 11.0. The van der Waals surface area contributed by atoms with Crippen LogP contribution in [0.4, 0.5) is 0 Å². The molecule has 1 unspecified atom stereocenters. The number of hydrogen-bond acceptors (Lipinski definition) is 3. The molecule has 1 aliphatic rings. The lowest BCUT2D eigenvalue weighted by Crippen LogP contribution is -2.54. The summed E-state index contributed by atoms with van der Waals surface area (Å²) in [6, 6.07) is 0.375. The zero-order valence-electron chi connectivity index (χ0n) is 11.6. The molecule has 1 N–H and O–H groups in total. The smallest absolute Gasteiger partial charge is 0.317 e. The lowest BCUT2D eigenvalue weighted by Gasteiger charge is -2.46. The van der Waals surface area contributed by atoms with E-state index < -0.39 is 5.97 Å². The number of thioether (sulfide) groups is 1. The minimum absolute atomic E-state index is 0.0863. The van der Waals surface area contributed by atoms with Crippen molar-refractivity contribution >= 4 is 17.7 Å². The summed E-state index contributed by atoms with van der Waals surface area (Å²) in [6.45, 7) is 11.0. The molecule has 0 bridgehead atoms. The minimum atomic E-state index is -0.728. The fourth-order valence-corrected chi connectivity index (χ4v) is 3.85. The first-order valence-corrected chi connectivity index (χ1v) is 7.33. The van der Waals surface area contributed by atoms with Crippen LogP contribution >= 0.6 is 11.8 Å². The van der Waals surface area contributed by atoms with Crippen LogP contribution in [0.25, 0.3) is 0 Å². The predicted octanol–water partition coefficient (Wildman–Crippen LogP) is 2.70. The molecular weight excluding hydrogens is 234 g/mol. The van der Waals surface area contributed by atoms with Gasteiger partial charge in [-0.2, -0.15) is 11.8 Å². The fraction of sp³-hybridized carbons (Fsp3) is 0.923. The molecule has 1 fully saturated rings. The van der Waals surface area contributed by atoms with Gasteiger partial charge in [0.25, 0.3) is 0 Å². The molecule has 0 radical (unpaired) electrons. The van der Waals surface area contributed by atoms with Crippen LogP contribution in [0, 0.1) is 5.41 Å². The van der Waals surface area contributed by atoms with Gasteiger partial charge in [-0.3, -0.25) is 9.69 Å². The molecule has 4 heteroatoms. The third-order valence-electron chi connectivity index (χ3n) is 3.20. The Bertz CT molecular complexity index is 284. The van der Waals surface area contributed by atoms with E-state index in [0.717, 1.165) is 12.2 Å². The Balaban J connectivity index is 2.79. The second-order valence-electron chi connectivity index (χ2n) is 6.73. The summed E-state index contributed by atoms with van der Waals surface area (Å²) in [6.07, 6.45) is 1.09. The number of nitrogens with zero attached hydrogens (tertiary/aromatic N) is 1. The van der Waals surface area contributed by atoms with Crippen LogP contribution in [0.5, 0.6) is 0 Å². The van der Waals surface area contributed by atoms with Crippen LogP contribution in [0.2, 0.25) is 0 Å². The van der Waals surface area contributed by atoms with Crippen molar-refractivity contribution in [2.75, 3.05) is 18.1 Å². The Morgan fingerprint density at radius 3 is 2.47 bits per heavy atom. The van der Waals surface area contributed by atoms with E-state index in [1.165, 1.54) is 5.75 Å². The Kier molecular flexibility index (Phi) is 4.53.